The summed E-state index contributed by atoms with van der Waals surface area (Å²) >= 11 is 0. The van der Waals surface area contributed by atoms with Gasteiger partial charge in [-0.25, -0.2) is 4.98 Å². The van der Waals surface area contributed by atoms with Gasteiger partial charge < -0.3 is 26.2 Å². The Morgan fingerprint density at radius 3 is 2.41 bits per heavy atom. The smallest absolute Gasteiger partial charge is 0.250 e. The van der Waals surface area contributed by atoms with Gasteiger partial charge in [-0.05, 0) is 62.0 Å². The number of fused-ring (bicyclic) bond motifs is 1. The molecule has 0 bridgehead atoms. The van der Waals surface area contributed by atoms with Gasteiger partial charge in [-0.2, -0.15) is 4.98 Å². The van der Waals surface area contributed by atoms with Crippen LogP contribution in [0.25, 0.3) is 22.0 Å². The van der Waals surface area contributed by atoms with Crippen LogP contribution in [0.1, 0.15) is 6.92 Å². The highest BCUT2D eigenvalue weighted by molar-refractivity contribution is 6.04. The van der Waals surface area contributed by atoms with Gasteiger partial charge in [0.1, 0.15) is 5.82 Å². The number of nitrogens with zero attached hydrogens (tertiary/aromatic N) is 4. The summed E-state index contributed by atoms with van der Waals surface area (Å²) in [6.45, 7) is 9.56. The van der Waals surface area contributed by atoms with Crippen molar-refractivity contribution in [2.45, 2.75) is 6.92 Å². The zero-order valence-corrected chi connectivity index (χ0v) is 21.2. The van der Waals surface area contributed by atoms with Gasteiger partial charge in [0.2, 0.25) is 5.95 Å². The quantitative estimate of drug-likeness (QED) is 0.329. The van der Waals surface area contributed by atoms with Crippen LogP contribution in [0.3, 0.4) is 0 Å². The van der Waals surface area contributed by atoms with E-state index in [-0.39, 0.29) is 5.91 Å². The predicted octanol–water partition coefficient (Wildman–Crippen LogP) is 4.89. The fourth-order valence-electron chi connectivity index (χ4n) is 4.42. The second-order valence-corrected chi connectivity index (χ2v) is 9.41. The highest BCUT2D eigenvalue weighted by Gasteiger charge is 2.15. The van der Waals surface area contributed by atoms with Crippen molar-refractivity contribution >= 4 is 45.6 Å². The van der Waals surface area contributed by atoms with E-state index in [1.54, 1.807) is 6.92 Å². The van der Waals surface area contributed by atoms with Crippen LogP contribution >= 0.6 is 0 Å². The number of anilines is 5. The molecule has 37 heavy (non-hydrogen) atoms. The Balaban J connectivity index is 1.42. The Morgan fingerprint density at radius 1 is 0.946 bits per heavy atom. The first-order valence-corrected chi connectivity index (χ1v) is 12.3. The second kappa shape index (κ2) is 10.3. The van der Waals surface area contributed by atoms with E-state index in [0.29, 0.717) is 23.0 Å². The standard InChI is InChI=1S/C29H31N7O/c1-19(2)28(37)31-22-7-4-6-20(18-22)24-8-5-9-25-26(24)33-29(34-27(25)30)32-21-10-12-23(13-11-21)36-16-14-35(3)15-17-36/h4-13,18H,1,14-17H2,2-3H3,(H,31,37)(H3,30,32,33,34). The molecular weight excluding hydrogens is 462 g/mol. The summed E-state index contributed by atoms with van der Waals surface area (Å²) in [6.07, 6.45) is 0. The van der Waals surface area contributed by atoms with Gasteiger partial charge >= 0.3 is 0 Å². The Labute approximate surface area is 216 Å². The number of aromatic nitrogens is 2. The summed E-state index contributed by atoms with van der Waals surface area (Å²) < 4.78 is 0. The second-order valence-electron chi connectivity index (χ2n) is 9.41. The molecule has 1 fully saturated rings. The molecule has 4 aromatic rings. The van der Waals surface area contributed by atoms with Crippen LogP contribution < -0.4 is 21.3 Å². The predicted molar refractivity (Wildman–Crippen MR) is 152 cm³/mol. The number of benzene rings is 3. The Bertz CT molecular complexity index is 1460. The number of hydrogen-bond donors (Lipinski definition) is 3. The normalized spacial score (nSPS) is 13.9. The van der Waals surface area contributed by atoms with Crippen molar-refractivity contribution in [3.8, 4) is 11.1 Å². The molecule has 8 heteroatoms. The van der Waals surface area contributed by atoms with Crippen molar-refractivity contribution in [2.75, 3.05) is 54.5 Å². The van der Waals surface area contributed by atoms with Gasteiger partial charge in [0.15, 0.2) is 0 Å². The highest BCUT2D eigenvalue weighted by Crippen LogP contribution is 2.32. The third-order valence-corrected chi connectivity index (χ3v) is 6.57. The summed E-state index contributed by atoms with van der Waals surface area (Å²) in [4.78, 5) is 26.2. The van der Waals surface area contributed by atoms with Crippen molar-refractivity contribution in [1.29, 1.82) is 0 Å². The molecule has 1 saturated heterocycles. The van der Waals surface area contributed by atoms with Crippen LogP contribution in [0.5, 0.6) is 0 Å². The maximum Gasteiger partial charge on any atom is 0.250 e. The summed E-state index contributed by atoms with van der Waals surface area (Å²) in [5, 5.41) is 6.95. The van der Waals surface area contributed by atoms with E-state index in [4.69, 9.17) is 10.7 Å². The van der Waals surface area contributed by atoms with Crippen LogP contribution in [-0.2, 0) is 4.79 Å². The van der Waals surface area contributed by atoms with Crippen molar-refractivity contribution < 1.29 is 4.79 Å². The van der Waals surface area contributed by atoms with E-state index >= 15 is 0 Å². The number of piperazine rings is 1. The number of para-hydroxylation sites is 1. The van der Waals surface area contributed by atoms with Crippen LogP contribution in [0, 0.1) is 0 Å². The monoisotopic (exact) mass is 493 g/mol. The van der Waals surface area contributed by atoms with Gasteiger partial charge in [0.25, 0.3) is 5.91 Å². The van der Waals surface area contributed by atoms with E-state index in [0.717, 1.165) is 53.9 Å². The van der Waals surface area contributed by atoms with E-state index in [2.05, 4.69) is 51.2 Å². The van der Waals surface area contributed by atoms with Crippen LogP contribution in [-0.4, -0.2) is 54.0 Å². The van der Waals surface area contributed by atoms with Gasteiger partial charge in [0, 0.05) is 59.8 Å². The van der Waals surface area contributed by atoms with Gasteiger partial charge in [0.05, 0.1) is 5.52 Å². The summed E-state index contributed by atoms with van der Waals surface area (Å²) in [5.74, 6) is 0.610. The minimum Gasteiger partial charge on any atom is -0.383 e. The Hall–Kier alpha value is -4.43. The maximum atomic E-state index is 12.1. The molecule has 4 N–H and O–H groups in total. The Morgan fingerprint density at radius 2 is 1.68 bits per heavy atom. The minimum atomic E-state index is -0.216. The molecule has 1 aliphatic rings. The third-order valence-electron chi connectivity index (χ3n) is 6.57. The molecule has 1 amide bonds. The fourth-order valence-corrected chi connectivity index (χ4v) is 4.42. The van der Waals surface area contributed by atoms with Crippen molar-refractivity contribution in [3.05, 3.63) is 78.9 Å². The highest BCUT2D eigenvalue weighted by atomic mass is 16.1. The number of rotatable bonds is 6. The molecular formula is C29H31N7O. The molecule has 8 nitrogen and oxygen atoms in total. The lowest BCUT2D eigenvalue weighted by Crippen LogP contribution is -2.44. The number of carbonyl (C=O) groups excluding carboxylic acids is 1. The Kier molecular flexibility index (Phi) is 6.74. The van der Waals surface area contributed by atoms with E-state index in [1.165, 1.54) is 5.69 Å². The molecule has 3 aromatic carbocycles. The molecule has 5 rings (SSSR count). The third kappa shape index (κ3) is 5.39. The largest absolute Gasteiger partial charge is 0.383 e. The van der Waals surface area contributed by atoms with Gasteiger partial charge in [-0.3, -0.25) is 4.79 Å². The molecule has 0 saturated carbocycles. The first-order valence-electron chi connectivity index (χ1n) is 12.3. The van der Waals surface area contributed by atoms with E-state index < -0.39 is 0 Å². The molecule has 0 atom stereocenters. The zero-order valence-electron chi connectivity index (χ0n) is 21.2. The number of nitrogens with two attached hydrogens (primary N) is 1. The lowest BCUT2D eigenvalue weighted by Gasteiger charge is -2.34. The lowest BCUT2D eigenvalue weighted by molar-refractivity contribution is -0.112. The zero-order chi connectivity index (χ0) is 25.9. The van der Waals surface area contributed by atoms with Crippen molar-refractivity contribution in [2.24, 2.45) is 0 Å². The van der Waals surface area contributed by atoms with Crippen LogP contribution in [0.15, 0.2) is 78.9 Å². The van der Waals surface area contributed by atoms with Gasteiger partial charge in [-0.1, -0.05) is 30.8 Å². The number of likely N-dealkylation sites (N-methyl/N-ethyl adjacent to an activating group) is 1. The number of nitrogens with one attached hydrogen (secondary N) is 2. The first kappa shape index (κ1) is 24.3. The number of carbonyl (C=O) groups is 1. The first-order chi connectivity index (χ1) is 17.9. The molecule has 2 heterocycles. The SMILES string of the molecule is C=C(C)C(=O)Nc1cccc(-c2cccc3c(N)nc(Nc4ccc(N5CCN(C)CC5)cc4)nc23)c1. The lowest BCUT2D eigenvalue weighted by atomic mass is 10.0. The van der Waals surface area contributed by atoms with Crippen molar-refractivity contribution in [1.82, 2.24) is 14.9 Å². The molecule has 1 aliphatic heterocycles. The maximum absolute atomic E-state index is 12.1. The number of nitrogen functional groups attached to an aromatic ring is 1. The van der Waals surface area contributed by atoms with Gasteiger partial charge in [-0.15, -0.1) is 0 Å². The average molecular weight is 494 g/mol. The van der Waals surface area contributed by atoms with Crippen molar-refractivity contribution in [3.63, 3.8) is 0 Å². The molecule has 1 aromatic heterocycles. The molecule has 0 unspecified atom stereocenters. The number of amides is 1. The van der Waals surface area contributed by atoms with E-state index in [1.807, 2.05) is 54.6 Å². The minimum absolute atomic E-state index is 0.216. The van der Waals surface area contributed by atoms with E-state index in [9.17, 15) is 4.79 Å². The molecule has 0 spiro atoms. The summed E-state index contributed by atoms with van der Waals surface area (Å²) in [7, 11) is 2.16. The molecule has 0 radical (unpaired) electrons. The molecule has 0 aliphatic carbocycles. The summed E-state index contributed by atoms with van der Waals surface area (Å²) in [6, 6.07) is 21.8. The summed E-state index contributed by atoms with van der Waals surface area (Å²) in [5.41, 5.74) is 12.1. The molecule has 188 valence electrons. The fraction of sp³-hybridized carbons (Fsp3) is 0.207. The topological polar surface area (TPSA) is 99.4 Å². The number of hydrogen-bond acceptors (Lipinski definition) is 7. The van der Waals surface area contributed by atoms with Crippen LogP contribution in [0.4, 0.5) is 28.8 Å². The average Bonchev–Trinajstić information content (AvgIpc) is 2.89. The van der Waals surface area contributed by atoms with Crippen LogP contribution in [0.2, 0.25) is 0 Å².